The Bertz CT molecular complexity index is 716. The molecule has 0 aromatic heterocycles. The Morgan fingerprint density at radius 1 is 1.08 bits per heavy atom. The highest BCUT2D eigenvalue weighted by molar-refractivity contribution is 5.71. The molecule has 1 aliphatic rings. The molecule has 5 heteroatoms. The van der Waals surface area contributed by atoms with Crippen molar-refractivity contribution in [1.29, 1.82) is 0 Å². The molecule has 4 nitrogen and oxygen atoms in total. The lowest BCUT2D eigenvalue weighted by atomic mass is 10.0. The van der Waals surface area contributed by atoms with Crippen molar-refractivity contribution >= 4 is 0 Å². The second kappa shape index (κ2) is 9.12. The van der Waals surface area contributed by atoms with Gasteiger partial charge in [0, 0.05) is 17.7 Å². The van der Waals surface area contributed by atoms with Crippen molar-refractivity contribution < 1.29 is 19.3 Å². The average Bonchev–Trinajstić information content (AvgIpc) is 2.68. The van der Waals surface area contributed by atoms with Crippen LogP contribution in [0.4, 0.5) is 4.39 Å². The summed E-state index contributed by atoms with van der Waals surface area (Å²) >= 11 is 0. The van der Waals surface area contributed by atoms with Gasteiger partial charge in [-0.25, -0.2) is 4.39 Å². The van der Waals surface area contributed by atoms with Crippen molar-refractivity contribution in [2.24, 2.45) is 0 Å². The monoisotopic (exact) mass is 359 g/mol. The van der Waals surface area contributed by atoms with Crippen LogP contribution in [0.2, 0.25) is 0 Å². The smallest absolute Gasteiger partial charge is 0.128 e. The summed E-state index contributed by atoms with van der Waals surface area (Å²) in [5.41, 5.74) is 1.84. The van der Waals surface area contributed by atoms with Gasteiger partial charge in [-0.1, -0.05) is 30.7 Å². The highest BCUT2D eigenvalue weighted by Crippen LogP contribution is 2.31. The van der Waals surface area contributed by atoms with Crippen molar-refractivity contribution in [3.63, 3.8) is 0 Å². The van der Waals surface area contributed by atoms with E-state index in [1.165, 1.54) is 25.3 Å². The number of ether oxygens (including phenoxy) is 1. The summed E-state index contributed by atoms with van der Waals surface area (Å²) in [6.45, 7) is 2.55. The van der Waals surface area contributed by atoms with Gasteiger partial charge in [0.15, 0.2) is 0 Å². The predicted octanol–water partition coefficient (Wildman–Crippen LogP) is 3.21. The molecule has 1 aliphatic heterocycles. The fourth-order valence-corrected chi connectivity index (χ4v) is 3.37. The number of halogens is 1. The molecule has 3 rings (SSSR count). The lowest BCUT2D eigenvalue weighted by molar-refractivity contribution is 0.0619. The molecule has 0 spiro atoms. The number of β-amino-alcohol motifs (C(OH)–C–C–N with tert-alkyl or cyclic N) is 1. The van der Waals surface area contributed by atoms with Crippen LogP contribution < -0.4 is 4.74 Å². The first-order valence-electron chi connectivity index (χ1n) is 9.19. The number of para-hydroxylation sites is 1. The van der Waals surface area contributed by atoms with E-state index < -0.39 is 11.9 Å². The Hall–Kier alpha value is -1.95. The van der Waals surface area contributed by atoms with Gasteiger partial charge < -0.3 is 19.8 Å². The lowest BCUT2D eigenvalue weighted by Gasteiger charge is -2.28. The molecule has 2 N–H and O–H groups in total. The molecule has 0 amide bonds. The van der Waals surface area contributed by atoms with Crippen molar-refractivity contribution in [3.8, 4) is 16.9 Å². The molecule has 1 atom stereocenters. The van der Waals surface area contributed by atoms with Crippen LogP contribution in [0.5, 0.6) is 5.75 Å². The van der Waals surface area contributed by atoms with Crippen LogP contribution in [0.3, 0.4) is 0 Å². The van der Waals surface area contributed by atoms with E-state index in [4.69, 9.17) is 4.74 Å². The van der Waals surface area contributed by atoms with Gasteiger partial charge in [0.05, 0.1) is 6.61 Å². The molecule has 2 aromatic rings. The summed E-state index contributed by atoms with van der Waals surface area (Å²) < 4.78 is 19.5. The highest BCUT2D eigenvalue weighted by Gasteiger charge is 2.16. The van der Waals surface area contributed by atoms with Crippen LogP contribution >= 0.6 is 0 Å². The molecule has 1 heterocycles. The average molecular weight is 359 g/mol. The molecule has 0 unspecified atom stereocenters. The fraction of sp³-hybridized carbons (Fsp3) is 0.429. The quantitative estimate of drug-likeness (QED) is 0.797. The molecule has 0 aliphatic carbocycles. The van der Waals surface area contributed by atoms with Crippen LogP contribution in [-0.4, -0.2) is 47.5 Å². The van der Waals surface area contributed by atoms with E-state index in [0.717, 1.165) is 24.2 Å². The Labute approximate surface area is 153 Å². The SMILES string of the molecule is OCc1cc(-c2ccccc2OC[C@@H](O)CN2CCCCC2)ccc1F. The van der Waals surface area contributed by atoms with Crippen LogP contribution in [0.25, 0.3) is 11.1 Å². The number of likely N-dealkylation sites (tertiary alicyclic amines) is 1. The third-order valence-corrected chi connectivity index (χ3v) is 4.76. The van der Waals surface area contributed by atoms with Gasteiger partial charge in [0.25, 0.3) is 0 Å². The second-order valence-corrected chi connectivity index (χ2v) is 6.79. The van der Waals surface area contributed by atoms with Crippen molar-refractivity contribution in [1.82, 2.24) is 4.90 Å². The standard InChI is InChI=1S/C21H26FNO3/c22-20-9-8-16(12-17(20)14-24)19-6-2-3-7-21(19)26-15-18(25)13-23-10-4-1-5-11-23/h2-3,6-9,12,18,24-25H,1,4-5,10-11,13-15H2/t18-/m0/s1. The summed E-state index contributed by atoms with van der Waals surface area (Å²) in [5.74, 6) is 0.215. The van der Waals surface area contributed by atoms with Gasteiger partial charge in [-0.05, 0) is 49.7 Å². The second-order valence-electron chi connectivity index (χ2n) is 6.79. The van der Waals surface area contributed by atoms with Gasteiger partial charge in [-0.15, -0.1) is 0 Å². The minimum Gasteiger partial charge on any atom is -0.490 e. The zero-order valence-corrected chi connectivity index (χ0v) is 14.9. The number of rotatable bonds is 7. The molecular formula is C21H26FNO3. The Balaban J connectivity index is 1.67. The van der Waals surface area contributed by atoms with Gasteiger partial charge in [-0.2, -0.15) is 0 Å². The highest BCUT2D eigenvalue weighted by atomic mass is 19.1. The summed E-state index contributed by atoms with van der Waals surface area (Å²) in [6.07, 6.45) is 3.09. The first kappa shape index (κ1) is 18.8. The molecule has 1 fully saturated rings. The van der Waals surface area contributed by atoms with Crippen molar-refractivity contribution in [2.75, 3.05) is 26.2 Å². The van der Waals surface area contributed by atoms with E-state index in [-0.39, 0.29) is 18.8 Å². The molecule has 26 heavy (non-hydrogen) atoms. The summed E-state index contributed by atoms with van der Waals surface area (Å²) in [6, 6.07) is 12.1. The van der Waals surface area contributed by atoms with E-state index in [1.807, 2.05) is 24.3 Å². The number of piperidine rings is 1. The maximum Gasteiger partial charge on any atom is 0.128 e. The summed E-state index contributed by atoms with van der Waals surface area (Å²) in [4.78, 5) is 2.27. The minimum atomic E-state index is -0.553. The third kappa shape index (κ3) is 4.81. The number of benzene rings is 2. The molecule has 0 bridgehead atoms. The Morgan fingerprint density at radius 3 is 2.62 bits per heavy atom. The minimum absolute atomic E-state index is 0.210. The maximum atomic E-state index is 13.6. The van der Waals surface area contributed by atoms with Crippen LogP contribution in [0.15, 0.2) is 42.5 Å². The first-order valence-corrected chi connectivity index (χ1v) is 9.19. The van der Waals surface area contributed by atoms with E-state index in [1.54, 1.807) is 12.1 Å². The van der Waals surface area contributed by atoms with E-state index in [9.17, 15) is 14.6 Å². The Kier molecular flexibility index (Phi) is 6.61. The van der Waals surface area contributed by atoms with Gasteiger partial charge >= 0.3 is 0 Å². The molecule has 0 saturated carbocycles. The van der Waals surface area contributed by atoms with E-state index >= 15 is 0 Å². The van der Waals surface area contributed by atoms with Gasteiger partial charge in [0.2, 0.25) is 0 Å². The van der Waals surface area contributed by atoms with Gasteiger partial charge in [-0.3, -0.25) is 0 Å². The summed E-state index contributed by atoms with van der Waals surface area (Å²) in [5, 5.41) is 19.6. The Morgan fingerprint density at radius 2 is 1.85 bits per heavy atom. The topological polar surface area (TPSA) is 52.9 Å². The van der Waals surface area contributed by atoms with Crippen LogP contribution in [-0.2, 0) is 6.61 Å². The van der Waals surface area contributed by atoms with E-state index in [0.29, 0.717) is 12.3 Å². The van der Waals surface area contributed by atoms with Crippen LogP contribution in [0, 0.1) is 5.82 Å². The lowest BCUT2D eigenvalue weighted by Crippen LogP contribution is -2.38. The zero-order chi connectivity index (χ0) is 18.4. The van der Waals surface area contributed by atoms with Gasteiger partial charge in [0.1, 0.15) is 24.3 Å². The number of aliphatic hydroxyl groups excluding tert-OH is 2. The van der Waals surface area contributed by atoms with Crippen molar-refractivity contribution in [3.05, 3.63) is 53.8 Å². The zero-order valence-electron chi connectivity index (χ0n) is 14.9. The molecule has 1 saturated heterocycles. The molecule has 140 valence electrons. The normalized spacial score (nSPS) is 16.4. The molecular weight excluding hydrogens is 333 g/mol. The summed E-state index contributed by atoms with van der Waals surface area (Å²) in [7, 11) is 0. The van der Waals surface area contributed by atoms with Crippen molar-refractivity contribution in [2.45, 2.75) is 32.0 Å². The molecule has 2 aromatic carbocycles. The molecule has 0 radical (unpaired) electrons. The van der Waals surface area contributed by atoms with E-state index in [2.05, 4.69) is 4.90 Å². The maximum absolute atomic E-state index is 13.6. The largest absolute Gasteiger partial charge is 0.490 e. The predicted molar refractivity (Wildman–Crippen MR) is 99.6 cm³/mol. The fourth-order valence-electron chi connectivity index (χ4n) is 3.37. The third-order valence-electron chi connectivity index (χ3n) is 4.76. The number of hydrogen-bond acceptors (Lipinski definition) is 4. The first-order chi connectivity index (χ1) is 12.7. The van der Waals surface area contributed by atoms with Crippen LogP contribution in [0.1, 0.15) is 24.8 Å². The number of hydrogen-bond donors (Lipinski definition) is 2. The number of nitrogens with zero attached hydrogens (tertiary/aromatic N) is 1. The number of aliphatic hydroxyl groups is 2.